The fourth-order valence-electron chi connectivity index (χ4n) is 2.41. The van der Waals surface area contributed by atoms with Gasteiger partial charge in [-0.1, -0.05) is 36.4 Å². The second kappa shape index (κ2) is 4.17. The number of nitrogens with zero attached hydrogens (tertiary/aromatic N) is 1. The lowest BCUT2D eigenvalue weighted by Crippen LogP contribution is -2.21. The number of aromatic amines is 3. The summed E-state index contributed by atoms with van der Waals surface area (Å²) in [6, 6.07) is 13.9. The van der Waals surface area contributed by atoms with E-state index in [4.69, 9.17) is 0 Å². The first kappa shape index (κ1) is 11.7. The number of nitrogens with one attached hydrogen (secondary N) is 3. The molecule has 6 nitrogen and oxygen atoms in total. The third kappa shape index (κ3) is 1.85. The number of hydrogen-bond donors (Lipinski definition) is 3. The molecule has 0 radical (unpaired) electrons. The summed E-state index contributed by atoms with van der Waals surface area (Å²) in [4.78, 5) is 34.9. The molecule has 0 unspecified atom stereocenters. The zero-order valence-electron chi connectivity index (χ0n) is 10.8. The third-order valence-electron chi connectivity index (χ3n) is 3.41. The Morgan fingerprint density at radius 3 is 2.52 bits per heavy atom. The minimum Gasteiger partial charge on any atom is -0.332 e. The van der Waals surface area contributed by atoms with Crippen LogP contribution in [0, 0.1) is 0 Å². The fraction of sp³-hybridized carbons (Fsp3) is 0. The number of benzene rings is 2. The zero-order valence-corrected chi connectivity index (χ0v) is 10.8. The molecule has 0 aliphatic heterocycles. The van der Waals surface area contributed by atoms with Gasteiger partial charge in [0.05, 0.1) is 0 Å². The first-order valence-electron chi connectivity index (χ1n) is 6.42. The van der Waals surface area contributed by atoms with Crippen molar-refractivity contribution in [2.45, 2.75) is 0 Å². The normalized spacial score (nSPS) is 11.2. The Morgan fingerprint density at radius 2 is 1.67 bits per heavy atom. The first-order chi connectivity index (χ1) is 10.2. The smallest absolute Gasteiger partial charge is 0.327 e. The summed E-state index contributed by atoms with van der Waals surface area (Å²) in [7, 11) is 0. The summed E-state index contributed by atoms with van der Waals surface area (Å²) in [5, 5.41) is 2.21. The number of imidazole rings is 1. The van der Waals surface area contributed by atoms with Gasteiger partial charge in [-0.2, -0.15) is 0 Å². The maximum absolute atomic E-state index is 11.7. The van der Waals surface area contributed by atoms with Crippen LogP contribution in [0.5, 0.6) is 0 Å². The molecule has 4 rings (SSSR count). The molecular weight excluding hydrogens is 268 g/mol. The molecule has 0 amide bonds. The van der Waals surface area contributed by atoms with E-state index in [-0.39, 0.29) is 11.2 Å². The Balaban J connectivity index is 1.97. The highest BCUT2D eigenvalue weighted by atomic mass is 16.2. The molecule has 0 fully saturated rings. The van der Waals surface area contributed by atoms with Crippen LogP contribution in [0.4, 0.5) is 0 Å². The molecule has 3 N–H and O–H groups in total. The van der Waals surface area contributed by atoms with Gasteiger partial charge in [-0.3, -0.25) is 14.8 Å². The highest BCUT2D eigenvalue weighted by Crippen LogP contribution is 2.22. The highest BCUT2D eigenvalue weighted by molar-refractivity contribution is 5.87. The van der Waals surface area contributed by atoms with Crippen molar-refractivity contribution >= 4 is 21.9 Å². The number of aromatic nitrogens is 4. The van der Waals surface area contributed by atoms with Gasteiger partial charge in [-0.05, 0) is 16.8 Å². The topological polar surface area (TPSA) is 94.4 Å². The molecule has 2 aromatic carbocycles. The van der Waals surface area contributed by atoms with Crippen LogP contribution in [-0.2, 0) is 0 Å². The molecule has 2 aromatic heterocycles. The Morgan fingerprint density at radius 1 is 0.857 bits per heavy atom. The Bertz CT molecular complexity index is 1090. The quantitative estimate of drug-likeness (QED) is 0.495. The average molecular weight is 278 g/mol. The standard InChI is InChI=1S/C15H10N4O2/c20-14-11-13(18-15(21)19-14)17-12(16-11)10-6-5-8-3-1-2-4-9(8)7-10/h1-7H,(H3,16,17,18,19,20,21). The SMILES string of the molecule is O=c1[nH]c(=O)c2[nH]c(-c3ccc4ccccc4c3)nc2[nH]1. The van der Waals surface area contributed by atoms with Gasteiger partial charge in [-0.25, -0.2) is 9.78 Å². The molecule has 0 aliphatic carbocycles. The maximum Gasteiger partial charge on any atom is 0.327 e. The molecule has 0 saturated carbocycles. The third-order valence-corrected chi connectivity index (χ3v) is 3.41. The summed E-state index contributed by atoms with van der Waals surface area (Å²) < 4.78 is 0. The Kier molecular flexibility index (Phi) is 2.32. The first-order valence-corrected chi connectivity index (χ1v) is 6.42. The van der Waals surface area contributed by atoms with Crippen molar-refractivity contribution in [2.24, 2.45) is 0 Å². The molecule has 102 valence electrons. The molecule has 2 heterocycles. The van der Waals surface area contributed by atoms with E-state index in [1.807, 2.05) is 42.5 Å². The van der Waals surface area contributed by atoms with Gasteiger partial charge in [0.15, 0.2) is 5.65 Å². The van der Waals surface area contributed by atoms with E-state index in [0.717, 1.165) is 16.3 Å². The minimum atomic E-state index is -0.566. The molecule has 0 saturated heterocycles. The Labute approximate surface area is 117 Å². The van der Waals surface area contributed by atoms with E-state index >= 15 is 0 Å². The highest BCUT2D eigenvalue weighted by Gasteiger charge is 2.09. The van der Waals surface area contributed by atoms with Gasteiger partial charge in [0.25, 0.3) is 5.56 Å². The van der Waals surface area contributed by atoms with Gasteiger partial charge < -0.3 is 4.98 Å². The van der Waals surface area contributed by atoms with E-state index in [0.29, 0.717) is 5.82 Å². The molecule has 0 atom stereocenters. The Hall–Kier alpha value is -3.15. The summed E-state index contributed by atoms with van der Waals surface area (Å²) in [6.07, 6.45) is 0. The fourth-order valence-corrected chi connectivity index (χ4v) is 2.41. The predicted molar refractivity (Wildman–Crippen MR) is 80.3 cm³/mol. The van der Waals surface area contributed by atoms with Crippen LogP contribution in [0.2, 0.25) is 0 Å². The maximum atomic E-state index is 11.7. The second-order valence-electron chi connectivity index (χ2n) is 4.78. The molecule has 0 spiro atoms. The molecule has 21 heavy (non-hydrogen) atoms. The molecule has 4 aromatic rings. The lowest BCUT2D eigenvalue weighted by atomic mass is 10.1. The van der Waals surface area contributed by atoms with Crippen LogP contribution in [0.1, 0.15) is 0 Å². The van der Waals surface area contributed by atoms with Crippen LogP contribution < -0.4 is 11.2 Å². The van der Waals surface area contributed by atoms with Gasteiger partial charge in [0.2, 0.25) is 0 Å². The van der Waals surface area contributed by atoms with Crippen molar-refractivity contribution in [3.63, 3.8) is 0 Å². The van der Waals surface area contributed by atoms with E-state index in [9.17, 15) is 9.59 Å². The lowest BCUT2D eigenvalue weighted by molar-refractivity contribution is 1.07. The van der Waals surface area contributed by atoms with Gasteiger partial charge in [0, 0.05) is 5.56 Å². The van der Waals surface area contributed by atoms with Gasteiger partial charge in [-0.15, -0.1) is 0 Å². The molecule has 0 aliphatic rings. The summed E-state index contributed by atoms with van der Waals surface area (Å²) in [5.74, 6) is 0.545. The number of fused-ring (bicyclic) bond motifs is 2. The van der Waals surface area contributed by atoms with E-state index < -0.39 is 11.2 Å². The lowest BCUT2D eigenvalue weighted by Gasteiger charge is -2.00. The van der Waals surface area contributed by atoms with Crippen molar-refractivity contribution in [1.82, 2.24) is 19.9 Å². The minimum absolute atomic E-state index is 0.256. The predicted octanol–water partition coefficient (Wildman–Crippen LogP) is 1.76. The van der Waals surface area contributed by atoms with Crippen LogP contribution in [0.3, 0.4) is 0 Å². The summed E-state index contributed by atoms with van der Waals surface area (Å²) in [5.41, 5.74) is 0.326. The molecular formula is C15H10N4O2. The van der Waals surface area contributed by atoms with Crippen LogP contribution in [-0.4, -0.2) is 19.9 Å². The largest absolute Gasteiger partial charge is 0.332 e. The number of rotatable bonds is 1. The van der Waals surface area contributed by atoms with Crippen LogP contribution >= 0.6 is 0 Å². The average Bonchev–Trinajstić information content (AvgIpc) is 2.91. The number of hydrogen-bond acceptors (Lipinski definition) is 3. The number of H-pyrrole nitrogens is 3. The van der Waals surface area contributed by atoms with Crippen molar-refractivity contribution in [3.8, 4) is 11.4 Å². The summed E-state index contributed by atoms with van der Waals surface area (Å²) >= 11 is 0. The van der Waals surface area contributed by atoms with Crippen molar-refractivity contribution in [2.75, 3.05) is 0 Å². The van der Waals surface area contributed by atoms with Crippen LogP contribution in [0.15, 0.2) is 52.1 Å². The van der Waals surface area contributed by atoms with Crippen molar-refractivity contribution in [3.05, 3.63) is 63.3 Å². The van der Waals surface area contributed by atoms with E-state index in [2.05, 4.69) is 19.9 Å². The van der Waals surface area contributed by atoms with E-state index in [1.54, 1.807) is 0 Å². The molecule has 6 heteroatoms. The van der Waals surface area contributed by atoms with Crippen molar-refractivity contribution < 1.29 is 0 Å². The van der Waals surface area contributed by atoms with Gasteiger partial charge in [0.1, 0.15) is 11.3 Å². The monoisotopic (exact) mass is 278 g/mol. The van der Waals surface area contributed by atoms with Gasteiger partial charge >= 0.3 is 5.69 Å². The van der Waals surface area contributed by atoms with Crippen molar-refractivity contribution in [1.29, 1.82) is 0 Å². The summed E-state index contributed by atoms with van der Waals surface area (Å²) in [6.45, 7) is 0. The van der Waals surface area contributed by atoms with E-state index in [1.165, 1.54) is 0 Å². The second-order valence-corrected chi connectivity index (χ2v) is 4.78. The molecule has 0 bridgehead atoms. The van der Waals surface area contributed by atoms with Crippen LogP contribution in [0.25, 0.3) is 33.3 Å². The zero-order chi connectivity index (χ0) is 14.4.